The van der Waals surface area contributed by atoms with Crippen LogP contribution in [0.2, 0.25) is 0 Å². The van der Waals surface area contributed by atoms with Gasteiger partial charge in [-0.25, -0.2) is 9.59 Å². The van der Waals surface area contributed by atoms with E-state index >= 15 is 0 Å². The number of carbonyl (C=O) groups is 6. The smallest absolute Gasteiger partial charge is 0.355 e. The lowest BCUT2D eigenvalue weighted by Crippen LogP contribution is -2.75. The number of hydrogen-bond donors (Lipinski definition) is 2. The monoisotopic (exact) mass is 822 g/mol. The van der Waals surface area contributed by atoms with Crippen molar-refractivity contribution in [1.82, 2.24) is 20.4 Å². The summed E-state index contributed by atoms with van der Waals surface area (Å²) in [7, 11) is 0. The number of esters is 2. The zero-order chi connectivity index (χ0) is 41.4. The summed E-state index contributed by atoms with van der Waals surface area (Å²) < 4.78 is 44.6. The largest absolute Gasteiger partial charge is 0.614 e. The maximum atomic E-state index is 13.7. The van der Waals surface area contributed by atoms with Gasteiger partial charge in [-0.3, -0.25) is 29.0 Å². The van der Waals surface area contributed by atoms with E-state index in [9.17, 15) is 37.9 Å². The van der Waals surface area contributed by atoms with E-state index < -0.39 is 92.0 Å². The molecule has 4 heterocycles. The summed E-state index contributed by atoms with van der Waals surface area (Å²) in [5.74, 6) is -4.29. The zero-order valence-corrected chi connectivity index (χ0v) is 34.2. The first-order valence-electron chi connectivity index (χ1n) is 18.4. The van der Waals surface area contributed by atoms with Crippen LogP contribution in [-0.2, 0) is 78.2 Å². The van der Waals surface area contributed by atoms with Gasteiger partial charge in [-0.15, -0.1) is 0 Å². The highest BCUT2D eigenvalue weighted by molar-refractivity contribution is 7.92. The third kappa shape index (κ3) is 9.39. The Hall–Kier alpha value is -4.68. The molecule has 17 heteroatoms. The number of hydrogen-bond acceptors (Lipinski definition) is 11. The molecular formula is C40H46N4O11S2. The first-order valence-corrected chi connectivity index (χ1v) is 21.1. The van der Waals surface area contributed by atoms with E-state index in [2.05, 4.69) is 10.6 Å². The van der Waals surface area contributed by atoms with E-state index in [0.29, 0.717) is 0 Å². The van der Waals surface area contributed by atoms with Crippen molar-refractivity contribution >= 4 is 57.9 Å². The first kappa shape index (κ1) is 41.9. The highest BCUT2D eigenvalue weighted by Crippen LogP contribution is 2.40. The Kier molecular flexibility index (Phi) is 12.3. The number of nitrogens with zero attached hydrogens (tertiary/aromatic N) is 2. The Morgan fingerprint density at radius 3 is 1.33 bits per heavy atom. The van der Waals surface area contributed by atoms with Crippen molar-refractivity contribution in [2.24, 2.45) is 0 Å². The molecule has 4 aliphatic rings. The molecule has 2 fully saturated rings. The van der Waals surface area contributed by atoms with Crippen molar-refractivity contribution in [3.63, 3.8) is 0 Å². The molecular weight excluding hydrogens is 777 g/mol. The third-order valence-electron chi connectivity index (χ3n) is 9.19. The van der Waals surface area contributed by atoms with E-state index in [4.69, 9.17) is 14.2 Å². The molecule has 4 aliphatic heterocycles. The third-order valence-corrected chi connectivity index (χ3v) is 12.5. The molecule has 0 bridgehead atoms. The van der Waals surface area contributed by atoms with Gasteiger partial charge in [0, 0.05) is 11.1 Å². The van der Waals surface area contributed by atoms with Gasteiger partial charge in [0.25, 0.3) is 11.8 Å². The van der Waals surface area contributed by atoms with E-state index in [0.717, 1.165) is 20.9 Å². The highest BCUT2D eigenvalue weighted by atomic mass is 32.2. The molecule has 6 atom stereocenters. The fourth-order valence-electron chi connectivity index (χ4n) is 6.87. The van der Waals surface area contributed by atoms with Crippen LogP contribution in [0.25, 0.3) is 0 Å². The number of benzene rings is 2. The van der Waals surface area contributed by atoms with Crippen LogP contribution < -0.4 is 10.6 Å². The summed E-state index contributed by atoms with van der Waals surface area (Å²) in [6.45, 7) is 9.23. The minimum absolute atomic E-state index is 0.00290. The number of amides is 4. The number of nitrogens with one attached hydrogen (secondary N) is 2. The van der Waals surface area contributed by atoms with Gasteiger partial charge in [-0.05, 0) is 75.0 Å². The standard InChI is InChI=1S/C40H46N4O11S2/c1-39(2,3)54-37(49)31-25(21-56(51)35-29(33(47)43(31)35)41-27(45)17-23-13-9-7-10-14-23)19-53-20-26-22-57(52)36-30(42-28(46)18-24-15-11-8-12-16-24)34(48)44(36)32(26)38(50)55-40(4,5)6/h7-16,29-30,35-36H,17-22H2,1-6H3,(H,41,45)(H,42,46)/t29?,30?,35-,36-,56?,57?/m0/s1. The van der Waals surface area contributed by atoms with Gasteiger partial charge in [0.15, 0.2) is 12.1 Å². The van der Waals surface area contributed by atoms with E-state index in [1.54, 1.807) is 90.1 Å². The molecule has 2 aromatic carbocycles. The van der Waals surface area contributed by atoms with Crippen LogP contribution in [0.3, 0.4) is 0 Å². The van der Waals surface area contributed by atoms with Crippen LogP contribution >= 0.6 is 0 Å². The first-order chi connectivity index (χ1) is 26.8. The molecule has 0 spiro atoms. The van der Waals surface area contributed by atoms with Crippen molar-refractivity contribution in [2.75, 3.05) is 24.7 Å². The Labute approximate surface area is 336 Å². The SMILES string of the molecule is CC(C)(C)OC(=O)C1=C(COCC2=C(C(=O)OC(C)(C)C)N3C(=O)C(NC(=O)Cc4ccccc4)[C@@H]3[S+]([O-])C2)C[S+]([O-])[C@H]2C(NC(=O)Cc3ccccc3)C(=O)N12. The van der Waals surface area contributed by atoms with Gasteiger partial charge in [0.2, 0.25) is 22.6 Å². The summed E-state index contributed by atoms with van der Waals surface area (Å²) in [6.07, 6.45) is -0.00581. The van der Waals surface area contributed by atoms with Crippen molar-refractivity contribution in [2.45, 2.75) is 88.4 Å². The van der Waals surface area contributed by atoms with Crippen LogP contribution in [0.4, 0.5) is 0 Å². The van der Waals surface area contributed by atoms with E-state index in [1.165, 1.54) is 0 Å². The molecule has 2 saturated heterocycles. The number of carbonyl (C=O) groups excluding carboxylic acids is 6. The molecule has 0 saturated carbocycles. The second-order valence-corrected chi connectivity index (χ2v) is 19.1. The van der Waals surface area contributed by atoms with E-state index in [1.807, 2.05) is 12.1 Å². The average molecular weight is 823 g/mol. The molecule has 2 aromatic rings. The van der Waals surface area contributed by atoms with E-state index in [-0.39, 0.29) is 60.1 Å². The quantitative estimate of drug-likeness (QED) is 0.178. The summed E-state index contributed by atoms with van der Waals surface area (Å²) >= 11 is -3.56. The molecule has 0 aromatic heterocycles. The van der Waals surface area contributed by atoms with Gasteiger partial charge in [-0.2, -0.15) is 0 Å². The summed E-state index contributed by atoms with van der Waals surface area (Å²) in [4.78, 5) is 82.3. The minimum Gasteiger partial charge on any atom is -0.614 e. The summed E-state index contributed by atoms with van der Waals surface area (Å²) in [5, 5.41) is 3.28. The van der Waals surface area contributed by atoms with Gasteiger partial charge < -0.3 is 33.9 Å². The molecule has 6 rings (SSSR count). The van der Waals surface area contributed by atoms with Gasteiger partial charge in [0.05, 0.1) is 26.1 Å². The Balaban J connectivity index is 1.21. The van der Waals surface area contributed by atoms with Gasteiger partial charge >= 0.3 is 11.9 Å². The molecule has 4 amide bonds. The van der Waals surface area contributed by atoms with Crippen LogP contribution in [0.5, 0.6) is 0 Å². The molecule has 57 heavy (non-hydrogen) atoms. The Morgan fingerprint density at radius 2 is 1.00 bits per heavy atom. The zero-order valence-electron chi connectivity index (χ0n) is 32.5. The number of β-lactam (4-membered cyclic amide) rings is 2. The molecule has 0 radical (unpaired) electrons. The highest BCUT2D eigenvalue weighted by Gasteiger charge is 2.63. The predicted octanol–water partition coefficient (Wildman–Crippen LogP) is 1.51. The number of rotatable bonds is 12. The summed E-state index contributed by atoms with van der Waals surface area (Å²) in [5.41, 5.74) is -0.433. The lowest BCUT2D eigenvalue weighted by atomic mass is 10.0. The van der Waals surface area contributed by atoms with Crippen molar-refractivity contribution in [3.05, 3.63) is 94.3 Å². The van der Waals surface area contributed by atoms with Crippen molar-refractivity contribution in [1.29, 1.82) is 0 Å². The molecule has 15 nitrogen and oxygen atoms in total. The van der Waals surface area contributed by atoms with Gasteiger partial charge in [-0.1, -0.05) is 60.7 Å². The maximum absolute atomic E-state index is 13.7. The Morgan fingerprint density at radius 1 is 0.649 bits per heavy atom. The topological polar surface area (TPSA) is 207 Å². The van der Waals surface area contributed by atoms with Crippen LogP contribution in [0, 0.1) is 0 Å². The van der Waals surface area contributed by atoms with Crippen LogP contribution in [0.1, 0.15) is 52.7 Å². The molecule has 304 valence electrons. The molecule has 2 N–H and O–H groups in total. The second-order valence-electron chi connectivity index (χ2n) is 16.1. The minimum atomic E-state index is -1.78. The summed E-state index contributed by atoms with van der Waals surface area (Å²) in [6, 6.07) is 15.6. The fraction of sp³-hybridized carbons (Fsp3) is 0.450. The fourth-order valence-corrected chi connectivity index (χ4v) is 10.2. The lowest BCUT2D eigenvalue weighted by molar-refractivity contribution is -0.159. The van der Waals surface area contributed by atoms with Crippen molar-refractivity contribution in [3.8, 4) is 0 Å². The number of fused-ring (bicyclic) bond motifs is 2. The average Bonchev–Trinajstić information content (AvgIpc) is 3.11. The lowest BCUT2D eigenvalue weighted by Gasteiger charge is -2.49. The molecule has 0 aliphatic carbocycles. The molecule has 4 unspecified atom stereocenters. The Bertz CT molecular complexity index is 1850. The number of ether oxygens (including phenoxy) is 3. The van der Waals surface area contributed by atoms with Gasteiger partial charge in [0.1, 0.15) is 34.1 Å². The van der Waals surface area contributed by atoms with Crippen LogP contribution in [0.15, 0.2) is 83.2 Å². The maximum Gasteiger partial charge on any atom is 0.355 e. The second kappa shape index (κ2) is 16.7. The normalized spacial score (nSPS) is 24.5. The van der Waals surface area contributed by atoms with Crippen molar-refractivity contribution < 1.29 is 52.1 Å². The van der Waals surface area contributed by atoms with Crippen LogP contribution in [-0.4, -0.2) is 113 Å². The predicted molar refractivity (Wildman–Crippen MR) is 208 cm³/mol.